The van der Waals surface area contributed by atoms with E-state index in [1.165, 1.54) is 51.8 Å². The van der Waals surface area contributed by atoms with Crippen molar-refractivity contribution < 1.29 is 80.8 Å². The average molecular weight is 1970 g/mol. The first-order valence-corrected chi connectivity index (χ1v) is 49.2. The molecule has 0 spiro atoms. The largest absolute Gasteiger partial charge is 0.493 e. The molecule has 18 rings (SSSR count). The van der Waals surface area contributed by atoms with Crippen LogP contribution in [0.25, 0.3) is 0 Å². The van der Waals surface area contributed by atoms with E-state index in [2.05, 4.69) is 154 Å². The molecule has 32 heteroatoms. The van der Waals surface area contributed by atoms with Gasteiger partial charge in [-0.15, -0.1) is 0 Å². The third-order valence-electron chi connectivity index (χ3n) is 28.4. The van der Waals surface area contributed by atoms with E-state index >= 15 is 0 Å². The summed E-state index contributed by atoms with van der Waals surface area (Å²) in [6, 6.07) is 72.3. The summed E-state index contributed by atoms with van der Waals surface area (Å²) >= 11 is 0. The zero-order valence-electron chi connectivity index (χ0n) is 84.0. The summed E-state index contributed by atoms with van der Waals surface area (Å²) < 4.78 is 43.5. The molecule has 3 fully saturated rings. The van der Waals surface area contributed by atoms with E-state index < -0.39 is 24.2 Å². The van der Waals surface area contributed by atoms with Crippen molar-refractivity contribution in [1.82, 2.24) is 60.7 Å². The number of hydrogen-bond acceptors (Lipinski definition) is 25. The summed E-state index contributed by atoms with van der Waals surface area (Å²) in [5, 5.41) is 19.3. The van der Waals surface area contributed by atoms with Crippen LogP contribution in [-0.4, -0.2) is 239 Å². The lowest BCUT2D eigenvalue weighted by molar-refractivity contribution is 0.0557. The van der Waals surface area contributed by atoms with E-state index in [-0.39, 0.29) is 97.9 Å². The lowest BCUT2D eigenvalue weighted by atomic mass is 9.99. The maximum absolute atomic E-state index is 14.4. The molecule has 145 heavy (non-hydrogen) atoms. The van der Waals surface area contributed by atoms with Gasteiger partial charge in [-0.25, -0.2) is 4.79 Å². The molecule has 12 aromatic rings. The molecular formula is C113H125N15O17. The van der Waals surface area contributed by atoms with Crippen molar-refractivity contribution in [3.63, 3.8) is 0 Å². The summed E-state index contributed by atoms with van der Waals surface area (Å²) in [5.74, 6) is 0.789. The minimum Gasteiger partial charge on any atom is -0.493 e. The third kappa shape index (κ3) is 22.4. The van der Waals surface area contributed by atoms with Crippen molar-refractivity contribution in [2.75, 3.05) is 156 Å². The van der Waals surface area contributed by atoms with E-state index in [4.69, 9.17) is 37.7 Å². The molecule has 2 aromatic heterocycles. The quantitative estimate of drug-likeness (QED) is 0.0212. The molecule has 0 saturated carbocycles. The molecule has 0 radical (unpaired) electrons. The van der Waals surface area contributed by atoms with E-state index in [9.17, 15) is 43.2 Å². The number of imide groups is 3. The van der Waals surface area contributed by atoms with Gasteiger partial charge in [0.15, 0.2) is 34.5 Å². The number of methoxy groups -OCH3 is 6. The number of rotatable bonds is 35. The zero-order valence-corrected chi connectivity index (χ0v) is 84.0. The third-order valence-corrected chi connectivity index (χ3v) is 28.4. The van der Waals surface area contributed by atoms with E-state index in [1.807, 2.05) is 116 Å². The van der Waals surface area contributed by atoms with Gasteiger partial charge in [-0.1, -0.05) is 163 Å². The second-order valence-electron chi connectivity index (χ2n) is 36.6. The van der Waals surface area contributed by atoms with Crippen LogP contribution in [0.4, 0.5) is 21.9 Å². The molecule has 8 heterocycles. The molecule has 0 bridgehead atoms. The Morgan fingerprint density at radius 2 is 0.717 bits per heavy atom. The predicted molar refractivity (Wildman–Crippen MR) is 551 cm³/mol. The molecule has 6 aliphatic rings. The van der Waals surface area contributed by atoms with Gasteiger partial charge in [0.25, 0.3) is 47.3 Å². The molecule has 0 aliphatic carbocycles. The molecule has 32 nitrogen and oxygen atoms in total. The van der Waals surface area contributed by atoms with Gasteiger partial charge in [-0.3, -0.25) is 72.9 Å². The smallest absolute Gasteiger partial charge is 0.407 e. The first kappa shape index (κ1) is 102. The summed E-state index contributed by atoms with van der Waals surface area (Å²) in [6.07, 6.45) is 2.25. The second kappa shape index (κ2) is 47.0. The van der Waals surface area contributed by atoms with Crippen LogP contribution >= 0.6 is 0 Å². The Hall–Kier alpha value is -15.7. The average Bonchev–Trinajstić information content (AvgIpc) is 1.60. The number of aromatic nitrogens is 3. The van der Waals surface area contributed by atoms with Gasteiger partial charge in [-0.2, -0.15) is 5.10 Å². The highest BCUT2D eigenvalue weighted by Crippen LogP contribution is 2.46. The number of benzene rings is 10. The van der Waals surface area contributed by atoms with Crippen LogP contribution in [0.5, 0.6) is 34.5 Å². The normalized spacial score (nSPS) is 16.0. The number of fused-ring (bicyclic) bond motifs is 3. The first-order chi connectivity index (χ1) is 70.4. The number of anilines is 3. The molecule has 10 aromatic carbocycles. The number of nitrogens with one attached hydrogen (secondary N) is 4. The number of carbonyl (C=O) groups excluding carboxylic acids is 9. The van der Waals surface area contributed by atoms with Crippen molar-refractivity contribution in [3.05, 3.63) is 337 Å². The summed E-state index contributed by atoms with van der Waals surface area (Å²) in [6.45, 7) is 22.1. The minimum atomic E-state index is -0.696. The van der Waals surface area contributed by atoms with Crippen molar-refractivity contribution in [3.8, 4) is 34.5 Å². The van der Waals surface area contributed by atoms with E-state index in [0.717, 1.165) is 107 Å². The van der Waals surface area contributed by atoms with Crippen molar-refractivity contribution in [1.29, 1.82) is 0 Å². The fraction of sp³-hybridized carbons (Fsp3) is 0.336. The van der Waals surface area contributed by atoms with Gasteiger partial charge in [-0.05, 0) is 179 Å². The molecule has 4 N–H and O–H groups in total. The molecule has 0 unspecified atom stereocenters. The second-order valence-corrected chi connectivity index (χ2v) is 36.6. The first-order valence-electron chi connectivity index (χ1n) is 49.2. The van der Waals surface area contributed by atoms with Gasteiger partial charge in [0.05, 0.1) is 129 Å². The summed E-state index contributed by atoms with van der Waals surface area (Å²) in [5.41, 5.74) is 13.7. The number of H-pyrrole nitrogens is 1. The zero-order chi connectivity index (χ0) is 102. The Morgan fingerprint density at radius 1 is 0.372 bits per heavy atom. The Morgan fingerprint density at radius 3 is 1.06 bits per heavy atom. The van der Waals surface area contributed by atoms with Crippen LogP contribution in [0, 0.1) is 20.8 Å². The highest BCUT2D eigenvalue weighted by Gasteiger charge is 2.48. The maximum Gasteiger partial charge on any atom is 0.407 e. The van der Waals surface area contributed by atoms with Gasteiger partial charge >= 0.3 is 6.09 Å². The Bertz CT molecular complexity index is 6600. The molecule has 3 saturated heterocycles. The predicted octanol–water partition coefficient (Wildman–Crippen LogP) is 16.8. The molecular weight excluding hydrogens is 1840 g/mol. The van der Waals surface area contributed by atoms with E-state index in [1.54, 1.807) is 90.8 Å². The van der Waals surface area contributed by atoms with Crippen molar-refractivity contribution in [2.45, 2.75) is 110 Å². The lowest BCUT2D eigenvalue weighted by Gasteiger charge is -2.39. The number of amides is 9. The number of carbonyl (C=O) groups is 9. The molecule has 754 valence electrons. The molecule has 6 atom stereocenters. The van der Waals surface area contributed by atoms with Crippen molar-refractivity contribution in [2.24, 2.45) is 0 Å². The van der Waals surface area contributed by atoms with Crippen LogP contribution < -0.4 is 59.1 Å². The van der Waals surface area contributed by atoms with Gasteiger partial charge in [0, 0.05) is 122 Å². The number of piperazine rings is 3. The van der Waals surface area contributed by atoms with Crippen LogP contribution in [0.2, 0.25) is 0 Å². The van der Waals surface area contributed by atoms with Crippen LogP contribution in [0.15, 0.2) is 241 Å². The standard InChI is InChI=1S/C39H42N4O6.C38H44N6O5.C36H39N5O6/c1-27(29-13-8-5-9-14-29)41-21-23-42(24-22-41)33-16-10-15-31-36(33)38(45)43(37(31)44)32(30-17-18-34(47-2)35(25-30)48-3)19-20-40-39(46)49-26-28-11-6-4-7-12-28;1-24-34(25(2)41-40-24)36(45)39-18-10-15-30(28-16-17-32(48-4)33(23-28)49-5)44-37(46)29-13-9-14-31(35(29)38(44)47)43-21-19-42(20-22-43)26(3)27-11-7-6-8-12-27;1-23(25-9-6-5-7-10-25)39-17-19-40(20-18-39)30-12-8-11-27-33(30)36(44)41(35(27)43)29(26-13-14-31(45-3)32(21-26)46-4)15-16-37-34(42)28-22-38-47-24(28)2/h4-18,25,27,32H,19-24,26H2,1-3H3,(H,40,46);6-9,11-14,16-17,23,26,30H,10,15,18-22H2,1-5H3,(H,39,45)(H,40,41);5-14,21-23,29H,15-20H2,1-4H3,(H,37,42)/t27-,32-;26-,30-;23-,29-/m111/s1. The molecule has 6 aliphatic heterocycles. The summed E-state index contributed by atoms with van der Waals surface area (Å²) in [4.78, 5) is 142. The molecule has 9 amide bonds. The number of ether oxygens (including phenoxy) is 7. The monoisotopic (exact) mass is 1960 g/mol. The van der Waals surface area contributed by atoms with Crippen LogP contribution in [-0.2, 0) is 11.3 Å². The fourth-order valence-corrected chi connectivity index (χ4v) is 20.4. The SMILES string of the molecule is COc1ccc([C@@H](CCCNC(=O)c2c(C)n[nH]c2C)N2C(=O)c3cccc(N4CCN([C@H](C)c5ccccc5)CC4)c3C2=O)cc1OC.COc1ccc([C@@H](CCNC(=O)OCc2ccccc2)N2C(=O)c3cccc(N4CCN([C@H](C)c5ccccc5)CC4)c3C2=O)cc1OC.COc1ccc([C@@H](CCNC(=O)c2cnoc2C)N2C(=O)c3cccc(N4CCN([C@H](C)c5ccccc5)CC4)c3C2=O)cc1OC. The number of nitrogens with zero attached hydrogens (tertiary/aromatic N) is 11. The van der Waals surface area contributed by atoms with E-state index in [0.29, 0.717) is 127 Å². The fourth-order valence-electron chi connectivity index (χ4n) is 20.4. The van der Waals surface area contributed by atoms with Gasteiger partial charge in [0.2, 0.25) is 0 Å². The van der Waals surface area contributed by atoms with Gasteiger partial charge in [0.1, 0.15) is 17.9 Å². The summed E-state index contributed by atoms with van der Waals surface area (Å²) in [7, 11) is 9.29. The number of alkyl carbamates (subject to hydrolysis) is 1. The Labute approximate surface area is 844 Å². The Balaban J connectivity index is 0.000000156. The lowest BCUT2D eigenvalue weighted by Crippen LogP contribution is -2.47. The van der Waals surface area contributed by atoms with Gasteiger partial charge < -0.3 is 68.3 Å². The Kier molecular flexibility index (Phi) is 33.2. The van der Waals surface area contributed by atoms with Crippen molar-refractivity contribution >= 4 is 70.4 Å². The number of aryl methyl sites for hydroxylation is 3. The highest BCUT2D eigenvalue weighted by atomic mass is 16.5. The topological polar surface area (TPSA) is 338 Å². The van der Waals surface area contributed by atoms with Crippen LogP contribution in [0.1, 0.15) is 222 Å². The van der Waals surface area contributed by atoms with Crippen LogP contribution in [0.3, 0.4) is 0 Å². The minimum absolute atomic E-state index is 0.131. The highest BCUT2D eigenvalue weighted by molar-refractivity contribution is 6.26. The number of aromatic amines is 1. The maximum atomic E-state index is 14.4. The number of hydrogen-bond donors (Lipinski definition) is 4.